The van der Waals surface area contributed by atoms with E-state index in [4.69, 9.17) is 4.74 Å². The zero-order chi connectivity index (χ0) is 22.3. The Hall–Kier alpha value is -2.87. The molecular formula is C22H27NO6S. The number of ether oxygens (including phenoxy) is 1. The van der Waals surface area contributed by atoms with E-state index in [1.165, 1.54) is 18.2 Å². The van der Waals surface area contributed by atoms with Gasteiger partial charge in [0.2, 0.25) is 5.91 Å². The molecule has 8 heteroatoms. The van der Waals surface area contributed by atoms with Crippen LogP contribution < -0.4 is 10.1 Å². The topological polar surface area (TPSA) is 110 Å². The lowest BCUT2D eigenvalue weighted by Gasteiger charge is -2.17. The Morgan fingerprint density at radius 2 is 1.80 bits per heavy atom. The maximum absolute atomic E-state index is 12.4. The molecule has 0 bridgehead atoms. The summed E-state index contributed by atoms with van der Waals surface area (Å²) in [6.45, 7) is 4.23. The van der Waals surface area contributed by atoms with E-state index in [9.17, 15) is 23.1 Å². The predicted octanol–water partition coefficient (Wildman–Crippen LogP) is 3.39. The first-order chi connectivity index (χ1) is 14.1. The zero-order valence-electron chi connectivity index (χ0n) is 17.3. The van der Waals surface area contributed by atoms with E-state index in [2.05, 4.69) is 5.32 Å². The minimum atomic E-state index is -3.28. The van der Waals surface area contributed by atoms with E-state index in [1.54, 1.807) is 31.2 Å². The first-order valence-corrected chi connectivity index (χ1v) is 11.6. The Kier molecular flexibility index (Phi) is 8.00. The van der Waals surface area contributed by atoms with Gasteiger partial charge in [-0.05, 0) is 48.7 Å². The van der Waals surface area contributed by atoms with Crippen molar-refractivity contribution in [1.82, 2.24) is 5.32 Å². The molecule has 2 aromatic carbocycles. The normalized spacial score (nSPS) is 12.2. The molecule has 0 aliphatic rings. The molecule has 30 heavy (non-hydrogen) atoms. The maximum atomic E-state index is 12.4. The fourth-order valence-corrected chi connectivity index (χ4v) is 3.48. The number of rotatable bonds is 10. The molecule has 0 saturated heterocycles. The summed E-state index contributed by atoms with van der Waals surface area (Å²) < 4.78 is 28.6. The van der Waals surface area contributed by atoms with Crippen LogP contribution in [0, 0.1) is 0 Å². The van der Waals surface area contributed by atoms with Gasteiger partial charge in [-0.1, -0.05) is 31.5 Å². The molecule has 162 valence electrons. The molecule has 0 aliphatic heterocycles. The second-order valence-electron chi connectivity index (χ2n) is 7.14. The van der Waals surface area contributed by atoms with Crippen LogP contribution in [0.5, 0.6) is 5.75 Å². The molecule has 1 atom stereocenters. The first kappa shape index (κ1) is 23.4. The van der Waals surface area contributed by atoms with Crippen LogP contribution in [0.3, 0.4) is 0 Å². The SMILES string of the molecule is CCCCOc1ccc(C(C)NC(=O)Cc2ccc(S(C)(=O)=O)cc2)cc1C(=O)O. The number of amides is 1. The molecule has 0 aromatic heterocycles. The van der Waals surface area contributed by atoms with Gasteiger partial charge < -0.3 is 15.2 Å². The number of hydrogen-bond donors (Lipinski definition) is 2. The highest BCUT2D eigenvalue weighted by Crippen LogP contribution is 2.24. The third kappa shape index (κ3) is 6.59. The molecule has 0 saturated carbocycles. The third-order valence-corrected chi connectivity index (χ3v) is 5.71. The predicted molar refractivity (Wildman–Crippen MR) is 114 cm³/mol. The fraction of sp³-hybridized carbons (Fsp3) is 0.364. The van der Waals surface area contributed by atoms with E-state index >= 15 is 0 Å². The molecule has 0 fully saturated rings. The van der Waals surface area contributed by atoms with Crippen LogP contribution >= 0.6 is 0 Å². The molecule has 2 rings (SSSR count). The number of carboxylic acids is 1. The van der Waals surface area contributed by atoms with Crippen LogP contribution in [0.25, 0.3) is 0 Å². The molecule has 2 N–H and O–H groups in total. The molecule has 0 radical (unpaired) electrons. The smallest absolute Gasteiger partial charge is 0.339 e. The van der Waals surface area contributed by atoms with Crippen LogP contribution in [0.1, 0.15) is 54.2 Å². The van der Waals surface area contributed by atoms with Gasteiger partial charge in [-0.25, -0.2) is 13.2 Å². The van der Waals surface area contributed by atoms with Crippen LogP contribution in [0.4, 0.5) is 0 Å². The van der Waals surface area contributed by atoms with Crippen molar-refractivity contribution in [2.24, 2.45) is 0 Å². The Morgan fingerprint density at radius 1 is 1.13 bits per heavy atom. The Bertz CT molecular complexity index is 999. The number of benzene rings is 2. The van der Waals surface area contributed by atoms with Crippen molar-refractivity contribution in [2.75, 3.05) is 12.9 Å². The Labute approximate surface area is 177 Å². The van der Waals surface area contributed by atoms with Gasteiger partial charge in [-0.15, -0.1) is 0 Å². The number of unbranched alkanes of at least 4 members (excludes halogenated alkanes) is 1. The quantitative estimate of drug-likeness (QED) is 0.556. The highest BCUT2D eigenvalue weighted by Gasteiger charge is 2.17. The lowest BCUT2D eigenvalue weighted by atomic mass is 10.0. The Balaban J connectivity index is 2.05. The van der Waals surface area contributed by atoms with Crippen molar-refractivity contribution in [3.8, 4) is 5.75 Å². The van der Waals surface area contributed by atoms with Crippen molar-refractivity contribution in [2.45, 2.75) is 44.0 Å². The van der Waals surface area contributed by atoms with Crippen molar-refractivity contribution in [1.29, 1.82) is 0 Å². The maximum Gasteiger partial charge on any atom is 0.339 e. The number of hydrogen-bond acceptors (Lipinski definition) is 5. The van der Waals surface area contributed by atoms with E-state index in [0.717, 1.165) is 19.1 Å². The number of carbonyl (C=O) groups excluding carboxylic acids is 1. The summed E-state index contributed by atoms with van der Waals surface area (Å²) >= 11 is 0. The van der Waals surface area contributed by atoms with Gasteiger partial charge in [-0.3, -0.25) is 4.79 Å². The van der Waals surface area contributed by atoms with Crippen LogP contribution in [0.2, 0.25) is 0 Å². The average Bonchev–Trinajstić information content (AvgIpc) is 2.67. The molecule has 0 heterocycles. The number of carbonyl (C=O) groups is 2. The number of sulfone groups is 1. The summed E-state index contributed by atoms with van der Waals surface area (Å²) in [5, 5.41) is 12.3. The summed E-state index contributed by atoms with van der Waals surface area (Å²) in [5.74, 6) is -1.04. The van der Waals surface area contributed by atoms with Gasteiger partial charge in [0.25, 0.3) is 0 Å². The summed E-state index contributed by atoms with van der Waals surface area (Å²) in [6.07, 6.45) is 2.99. The lowest BCUT2D eigenvalue weighted by molar-refractivity contribution is -0.121. The first-order valence-electron chi connectivity index (χ1n) is 9.70. The van der Waals surface area contributed by atoms with Gasteiger partial charge in [0.1, 0.15) is 11.3 Å². The Morgan fingerprint density at radius 3 is 2.37 bits per heavy atom. The van der Waals surface area contributed by atoms with Crippen molar-refractivity contribution >= 4 is 21.7 Å². The van der Waals surface area contributed by atoms with Crippen molar-refractivity contribution in [3.63, 3.8) is 0 Å². The molecule has 1 unspecified atom stereocenters. The average molecular weight is 434 g/mol. The second kappa shape index (κ2) is 10.2. The minimum absolute atomic E-state index is 0.0565. The fourth-order valence-electron chi connectivity index (χ4n) is 2.85. The number of aromatic carboxylic acids is 1. The van der Waals surface area contributed by atoms with E-state index in [-0.39, 0.29) is 22.8 Å². The minimum Gasteiger partial charge on any atom is -0.493 e. The van der Waals surface area contributed by atoms with Gasteiger partial charge in [0.15, 0.2) is 9.84 Å². The van der Waals surface area contributed by atoms with Gasteiger partial charge >= 0.3 is 5.97 Å². The van der Waals surface area contributed by atoms with Crippen LogP contribution in [-0.4, -0.2) is 38.3 Å². The highest BCUT2D eigenvalue weighted by molar-refractivity contribution is 7.90. The summed E-state index contributed by atoms with van der Waals surface area (Å²) in [4.78, 5) is 24.1. The number of carboxylic acid groups (broad SMARTS) is 1. The zero-order valence-corrected chi connectivity index (χ0v) is 18.2. The largest absolute Gasteiger partial charge is 0.493 e. The van der Waals surface area contributed by atoms with Crippen LogP contribution in [0.15, 0.2) is 47.4 Å². The van der Waals surface area contributed by atoms with Crippen LogP contribution in [-0.2, 0) is 21.1 Å². The molecular weight excluding hydrogens is 406 g/mol. The van der Waals surface area contributed by atoms with Crippen molar-refractivity contribution in [3.05, 3.63) is 59.2 Å². The molecule has 2 aromatic rings. The summed E-state index contributed by atoms with van der Waals surface area (Å²) in [7, 11) is -3.28. The van der Waals surface area contributed by atoms with Crippen molar-refractivity contribution < 1.29 is 27.9 Å². The summed E-state index contributed by atoms with van der Waals surface area (Å²) in [6, 6.07) is 10.6. The molecule has 0 aliphatic carbocycles. The molecule has 7 nitrogen and oxygen atoms in total. The van der Waals surface area contributed by atoms with Gasteiger partial charge in [-0.2, -0.15) is 0 Å². The monoisotopic (exact) mass is 433 g/mol. The van der Waals surface area contributed by atoms with Gasteiger partial charge in [0, 0.05) is 6.26 Å². The second-order valence-corrected chi connectivity index (χ2v) is 9.16. The summed E-state index contributed by atoms with van der Waals surface area (Å²) in [5.41, 5.74) is 1.38. The third-order valence-electron chi connectivity index (χ3n) is 4.58. The van der Waals surface area contributed by atoms with E-state index < -0.39 is 21.8 Å². The highest BCUT2D eigenvalue weighted by atomic mass is 32.2. The molecule has 1 amide bonds. The number of nitrogens with one attached hydrogen (secondary N) is 1. The standard InChI is InChI=1S/C22H27NO6S/c1-4-5-12-29-20-11-8-17(14-19(20)22(25)26)15(2)23-21(24)13-16-6-9-18(10-7-16)30(3,27)28/h6-11,14-15H,4-5,12-13H2,1-3H3,(H,23,24)(H,25,26). The molecule has 0 spiro atoms. The van der Waals surface area contributed by atoms with E-state index in [0.29, 0.717) is 23.5 Å². The lowest BCUT2D eigenvalue weighted by Crippen LogP contribution is -2.28. The van der Waals surface area contributed by atoms with E-state index in [1.807, 2.05) is 6.92 Å². The van der Waals surface area contributed by atoms with Gasteiger partial charge in [0.05, 0.1) is 24.0 Å².